The van der Waals surface area contributed by atoms with Crippen LogP contribution in [0, 0.1) is 5.41 Å². The van der Waals surface area contributed by atoms with E-state index >= 15 is 0 Å². The fourth-order valence-electron chi connectivity index (χ4n) is 2.56. The Morgan fingerprint density at radius 1 is 1.50 bits per heavy atom. The Balaban J connectivity index is 2.86. The van der Waals surface area contributed by atoms with Crippen LogP contribution in [0.25, 0.3) is 0 Å². The van der Waals surface area contributed by atoms with Crippen molar-refractivity contribution in [3.8, 4) is 0 Å². The molecule has 1 amide bonds. The Kier molecular flexibility index (Phi) is 4.33. The molecule has 1 aliphatic rings. The number of ether oxygens (including phenoxy) is 1. The molecule has 0 aromatic heterocycles. The summed E-state index contributed by atoms with van der Waals surface area (Å²) in [6.07, 6.45) is 3.12. The molecule has 0 aromatic carbocycles. The van der Waals surface area contributed by atoms with Gasteiger partial charge in [-0.3, -0.25) is 4.79 Å². The third kappa shape index (κ3) is 2.36. The summed E-state index contributed by atoms with van der Waals surface area (Å²) in [7, 11) is 0. The van der Waals surface area contributed by atoms with Crippen molar-refractivity contribution in [1.82, 2.24) is 5.32 Å². The van der Waals surface area contributed by atoms with Gasteiger partial charge < -0.3 is 10.1 Å². The molecule has 1 rings (SSSR count). The average Bonchev–Trinajstić information content (AvgIpc) is 2.57. The summed E-state index contributed by atoms with van der Waals surface area (Å²) >= 11 is 0. The first kappa shape index (κ1) is 13.0. The highest BCUT2D eigenvalue weighted by atomic mass is 16.5. The van der Waals surface area contributed by atoms with Gasteiger partial charge in [0, 0.05) is 11.8 Å². The lowest BCUT2D eigenvalue weighted by Gasteiger charge is -2.31. The van der Waals surface area contributed by atoms with Crippen LogP contribution in [-0.4, -0.2) is 24.5 Å². The lowest BCUT2D eigenvalue weighted by Crippen LogP contribution is -2.44. The molecular weight excluding hydrogens is 206 g/mol. The molecule has 2 atom stereocenters. The second kappa shape index (κ2) is 5.32. The molecule has 1 saturated heterocycles. The van der Waals surface area contributed by atoms with Crippen molar-refractivity contribution in [2.75, 3.05) is 6.61 Å². The van der Waals surface area contributed by atoms with Crippen LogP contribution in [-0.2, 0) is 14.3 Å². The third-order valence-electron chi connectivity index (χ3n) is 3.40. The Morgan fingerprint density at radius 3 is 2.69 bits per heavy atom. The molecule has 0 saturated carbocycles. The number of nitrogens with one attached hydrogen (secondary N) is 1. The fraction of sp³-hybridized carbons (Fsp3) is 0.833. The van der Waals surface area contributed by atoms with E-state index in [1.54, 1.807) is 6.92 Å². The summed E-state index contributed by atoms with van der Waals surface area (Å²) in [5.74, 6) is -0.322. The summed E-state index contributed by atoms with van der Waals surface area (Å²) in [5, 5.41) is 2.75. The topological polar surface area (TPSA) is 55.4 Å². The number of carbonyl (C=O) groups is 2. The van der Waals surface area contributed by atoms with Gasteiger partial charge in [-0.1, -0.05) is 20.3 Å². The zero-order valence-electron chi connectivity index (χ0n) is 10.3. The van der Waals surface area contributed by atoms with E-state index in [2.05, 4.69) is 12.2 Å². The maximum Gasteiger partial charge on any atom is 0.329 e. The third-order valence-corrected chi connectivity index (χ3v) is 3.40. The quantitative estimate of drug-likeness (QED) is 0.726. The molecule has 0 aromatic rings. The Bertz CT molecular complexity index is 277. The Labute approximate surface area is 96.7 Å². The van der Waals surface area contributed by atoms with Crippen molar-refractivity contribution in [2.45, 2.75) is 52.5 Å². The molecule has 16 heavy (non-hydrogen) atoms. The molecule has 0 radical (unpaired) electrons. The first-order chi connectivity index (χ1) is 7.59. The maximum absolute atomic E-state index is 11.8. The minimum atomic E-state index is -0.454. The number of esters is 1. The molecule has 1 fully saturated rings. The second-order valence-corrected chi connectivity index (χ2v) is 4.40. The normalized spacial score (nSPS) is 28.9. The second-order valence-electron chi connectivity index (χ2n) is 4.40. The van der Waals surface area contributed by atoms with Crippen LogP contribution >= 0.6 is 0 Å². The Morgan fingerprint density at radius 2 is 2.19 bits per heavy atom. The molecule has 4 heteroatoms. The van der Waals surface area contributed by atoms with Gasteiger partial charge in [-0.2, -0.15) is 0 Å². The van der Waals surface area contributed by atoms with E-state index in [0.717, 1.165) is 19.3 Å². The van der Waals surface area contributed by atoms with Crippen LogP contribution in [0.1, 0.15) is 46.5 Å². The van der Waals surface area contributed by atoms with E-state index in [-0.39, 0.29) is 17.3 Å². The van der Waals surface area contributed by atoms with Gasteiger partial charge in [0.15, 0.2) is 0 Å². The highest BCUT2D eigenvalue weighted by molar-refractivity contribution is 5.89. The number of amides is 1. The fourth-order valence-corrected chi connectivity index (χ4v) is 2.56. The lowest BCUT2D eigenvalue weighted by molar-refractivity contribution is -0.148. The molecule has 1 aliphatic heterocycles. The molecule has 0 bridgehead atoms. The summed E-state index contributed by atoms with van der Waals surface area (Å²) in [4.78, 5) is 23.3. The number of carbonyl (C=O) groups excluding carboxylic acids is 2. The van der Waals surface area contributed by atoms with E-state index in [1.807, 2.05) is 6.92 Å². The van der Waals surface area contributed by atoms with Gasteiger partial charge in [0.05, 0.1) is 6.61 Å². The van der Waals surface area contributed by atoms with Crippen molar-refractivity contribution in [1.29, 1.82) is 0 Å². The van der Waals surface area contributed by atoms with Crippen LogP contribution in [0.5, 0.6) is 0 Å². The molecular formula is C12H21NO3. The highest BCUT2D eigenvalue weighted by Gasteiger charge is 2.49. The SMILES string of the molecule is CCCC1(CC)CC(=O)NC1C(=O)OCC. The van der Waals surface area contributed by atoms with Crippen molar-refractivity contribution in [3.63, 3.8) is 0 Å². The van der Waals surface area contributed by atoms with E-state index in [0.29, 0.717) is 13.0 Å². The predicted molar refractivity (Wildman–Crippen MR) is 60.8 cm³/mol. The summed E-state index contributed by atoms with van der Waals surface area (Å²) in [6.45, 7) is 6.24. The molecule has 0 spiro atoms. The van der Waals surface area contributed by atoms with Gasteiger partial charge in [0.1, 0.15) is 6.04 Å². The van der Waals surface area contributed by atoms with E-state index < -0.39 is 6.04 Å². The monoisotopic (exact) mass is 227 g/mol. The maximum atomic E-state index is 11.8. The summed E-state index contributed by atoms with van der Waals surface area (Å²) in [6, 6.07) is -0.454. The predicted octanol–water partition coefficient (Wildman–Crippen LogP) is 1.63. The van der Waals surface area contributed by atoms with Crippen LogP contribution in [0.4, 0.5) is 0 Å². The van der Waals surface area contributed by atoms with Gasteiger partial charge in [-0.25, -0.2) is 4.79 Å². The minimum Gasteiger partial charge on any atom is -0.464 e. The number of rotatable bonds is 5. The molecule has 1 heterocycles. The largest absolute Gasteiger partial charge is 0.464 e. The van der Waals surface area contributed by atoms with Gasteiger partial charge in [0.25, 0.3) is 0 Å². The smallest absolute Gasteiger partial charge is 0.329 e. The molecule has 92 valence electrons. The number of hydrogen-bond acceptors (Lipinski definition) is 3. The lowest BCUT2D eigenvalue weighted by atomic mass is 9.74. The standard InChI is InChI=1S/C12H21NO3/c1-4-7-12(5-2)8-9(14)13-10(12)11(15)16-6-3/h10H,4-8H2,1-3H3,(H,13,14). The van der Waals surface area contributed by atoms with Crippen LogP contribution in [0.15, 0.2) is 0 Å². The molecule has 2 unspecified atom stereocenters. The van der Waals surface area contributed by atoms with Crippen molar-refractivity contribution >= 4 is 11.9 Å². The van der Waals surface area contributed by atoms with Gasteiger partial charge in [0.2, 0.25) is 5.91 Å². The molecule has 0 aliphatic carbocycles. The van der Waals surface area contributed by atoms with Gasteiger partial charge in [-0.15, -0.1) is 0 Å². The van der Waals surface area contributed by atoms with Gasteiger partial charge >= 0.3 is 5.97 Å². The van der Waals surface area contributed by atoms with E-state index in [4.69, 9.17) is 4.74 Å². The van der Waals surface area contributed by atoms with Crippen LogP contribution in [0.2, 0.25) is 0 Å². The van der Waals surface area contributed by atoms with Crippen molar-refractivity contribution < 1.29 is 14.3 Å². The minimum absolute atomic E-state index is 0.0339. The summed E-state index contributed by atoms with van der Waals surface area (Å²) < 4.78 is 5.02. The van der Waals surface area contributed by atoms with Gasteiger partial charge in [-0.05, 0) is 19.8 Å². The van der Waals surface area contributed by atoms with Crippen molar-refractivity contribution in [3.05, 3.63) is 0 Å². The highest BCUT2D eigenvalue weighted by Crippen LogP contribution is 2.40. The first-order valence-corrected chi connectivity index (χ1v) is 6.05. The first-order valence-electron chi connectivity index (χ1n) is 6.05. The van der Waals surface area contributed by atoms with E-state index in [1.165, 1.54) is 0 Å². The average molecular weight is 227 g/mol. The molecule has 4 nitrogen and oxygen atoms in total. The van der Waals surface area contributed by atoms with Crippen molar-refractivity contribution in [2.24, 2.45) is 5.41 Å². The zero-order valence-corrected chi connectivity index (χ0v) is 10.3. The van der Waals surface area contributed by atoms with E-state index in [9.17, 15) is 9.59 Å². The zero-order chi connectivity index (χ0) is 12.2. The number of hydrogen-bond donors (Lipinski definition) is 1. The van der Waals surface area contributed by atoms with Crippen LogP contribution < -0.4 is 5.32 Å². The van der Waals surface area contributed by atoms with Crippen LogP contribution in [0.3, 0.4) is 0 Å². The Hall–Kier alpha value is -1.06. The summed E-state index contributed by atoms with van der Waals surface area (Å²) in [5.41, 5.74) is -0.238. The molecule has 1 N–H and O–H groups in total.